The molecule has 160 valence electrons. The van der Waals surface area contributed by atoms with Gasteiger partial charge in [0.2, 0.25) is 5.91 Å². The molecular formula is C23H23N3O4S. The number of nitrogens with zero attached hydrogens (tertiary/aromatic N) is 2. The lowest BCUT2D eigenvalue weighted by molar-refractivity contribution is -0.144. The van der Waals surface area contributed by atoms with Crippen LogP contribution in [0.25, 0.3) is 0 Å². The summed E-state index contributed by atoms with van der Waals surface area (Å²) in [5, 5.41) is 2.78. The van der Waals surface area contributed by atoms with Crippen molar-refractivity contribution in [3.8, 4) is 0 Å². The third-order valence-corrected chi connectivity index (χ3v) is 6.62. The van der Waals surface area contributed by atoms with Gasteiger partial charge in [0.05, 0.1) is 5.69 Å². The molecular weight excluding hydrogens is 414 g/mol. The fraction of sp³-hybridized carbons (Fsp3) is 0.304. The number of benzene rings is 2. The molecule has 31 heavy (non-hydrogen) atoms. The van der Waals surface area contributed by atoms with E-state index in [1.807, 2.05) is 42.5 Å². The van der Waals surface area contributed by atoms with Gasteiger partial charge >= 0.3 is 17.8 Å². The van der Waals surface area contributed by atoms with E-state index >= 15 is 0 Å². The van der Waals surface area contributed by atoms with Gasteiger partial charge in [0.25, 0.3) is 0 Å². The van der Waals surface area contributed by atoms with Gasteiger partial charge in [0.1, 0.15) is 6.54 Å². The number of para-hydroxylation sites is 1. The number of hydrogen-bond acceptors (Lipinski definition) is 5. The Hall–Kier alpha value is -3.13. The van der Waals surface area contributed by atoms with Crippen molar-refractivity contribution in [1.82, 2.24) is 9.80 Å². The summed E-state index contributed by atoms with van der Waals surface area (Å²) >= 11 is 1.58. The molecule has 0 radical (unpaired) electrons. The fourth-order valence-electron chi connectivity index (χ4n) is 3.91. The van der Waals surface area contributed by atoms with Crippen LogP contribution >= 0.6 is 11.8 Å². The maximum atomic E-state index is 12.7. The predicted octanol–water partition coefficient (Wildman–Crippen LogP) is 3.65. The van der Waals surface area contributed by atoms with E-state index in [4.69, 9.17) is 0 Å². The lowest BCUT2D eigenvalue weighted by atomic mass is 10.2. The standard InChI is InChI=1S/C23H23N3O4S/c27-20(14-25-21(28)22(29)26(23(25)30)17-10-4-5-11-17)24-18-12-6-7-13-19(18)31-15-16-8-2-1-3-9-16/h1-3,6-9,12-13,17H,4-5,10-11,14-15H2,(H,24,27). The first-order chi connectivity index (χ1) is 15.0. The van der Waals surface area contributed by atoms with Crippen LogP contribution in [0.4, 0.5) is 10.5 Å². The summed E-state index contributed by atoms with van der Waals surface area (Å²) in [6, 6.07) is 16.4. The maximum absolute atomic E-state index is 12.7. The molecule has 1 N–H and O–H groups in total. The summed E-state index contributed by atoms with van der Waals surface area (Å²) < 4.78 is 0. The lowest BCUT2D eigenvalue weighted by Gasteiger charge is -2.21. The van der Waals surface area contributed by atoms with Crippen LogP contribution in [0, 0.1) is 0 Å². The maximum Gasteiger partial charge on any atom is 0.334 e. The van der Waals surface area contributed by atoms with Crippen molar-refractivity contribution in [2.75, 3.05) is 11.9 Å². The molecule has 2 aliphatic rings. The smallest absolute Gasteiger partial charge is 0.324 e. The summed E-state index contributed by atoms with van der Waals surface area (Å²) in [6.07, 6.45) is 3.26. The van der Waals surface area contributed by atoms with E-state index in [1.54, 1.807) is 23.9 Å². The van der Waals surface area contributed by atoms with Crippen molar-refractivity contribution in [2.45, 2.75) is 42.4 Å². The number of imide groups is 2. The Bertz CT molecular complexity index is 1000. The molecule has 1 aliphatic carbocycles. The largest absolute Gasteiger partial charge is 0.334 e. The Kier molecular flexibility index (Phi) is 6.36. The van der Waals surface area contributed by atoms with Gasteiger partial charge in [-0.2, -0.15) is 0 Å². The van der Waals surface area contributed by atoms with Crippen LogP contribution < -0.4 is 5.32 Å². The SMILES string of the molecule is O=C(CN1C(=O)C(=O)N(C2CCCC2)C1=O)Nc1ccccc1SCc1ccccc1. The van der Waals surface area contributed by atoms with Gasteiger partial charge in [0.15, 0.2) is 0 Å². The number of nitrogens with one attached hydrogen (secondary N) is 1. The van der Waals surface area contributed by atoms with Crippen molar-refractivity contribution in [3.63, 3.8) is 0 Å². The van der Waals surface area contributed by atoms with Crippen LogP contribution in [0.2, 0.25) is 0 Å². The van der Waals surface area contributed by atoms with Gasteiger partial charge in [-0.1, -0.05) is 55.3 Å². The highest BCUT2D eigenvalue weighted by Gasteiger charge is 2.48. The van der Waals surface area contributed by atoms with Crippen molar-refractivity contribution < 1.29 is 19.2 Å². The van der Waals surface area contributed by atoms with Crippen LogP contribution in [0.3, 0.4) is 0 Å². The third kappa shape index (κ3) is 4.64. The van der Waals surface area contributed by atoms with Gasteiger partial charge in [-0.3, -0.25) is 19.3 Å². The molecule has 2 aromatic carbocycles. The highest BCUT2D eigenvalue weighted by atomic mass is 32.2. The molecule has 1 heterocycles. The van der Waals surface area contributed by atoms with Crippen LogP contribution in [-0.2, 0) is 20.1 Å². The van der Waals surface area contributed by atoms with Crippen LogP contribution in [0.5, 0.6) is 0 Å². The molecule has 0 unspecified atom stereocenters. The zero-order valence-electron chi connectivity index (χ0n) is 17.0. The average molecular weight is 438 g/mol. The van der Waals surface area contributed by atoms with Gasteiger partial charge in [-0.05, 0) is 30.5 Å². The summed E-state index contributed by atoms with van der Waals surface area (Å²) in [7, 11) is 0. The van der Waals surface area contributed by atoms with Gasteiger partial charge in [-0.15, -0.1) is 11.8 Å². The van der Waals surface area contributed by atoms with Gasteiger partial charge < -0.3 is 5.32 Å². The van der Waals surface area contributed by atoms with Crippen molar-refractivity contribution in [3.05, 3.63) is 60.2 Å². The minimum atomic E-state index is -0.932. The van der Waals surface area contributed by atoms with E-state index in [0.29, 0.717) is 18.5 Å². The second kappa shape index (κ2) is 9.34. The van der Waals surface area contributed by atoms with E-state index in [9.17, 15) is 19.2 Å². The topological polar surface area (TPSA) is 86.8 Å². The summed E-state index contributed by atoms with van der Waals surface area (Å²) in [5.41, 5.74) is 1.76. The predicted molar refractivity (Wildman–Crippen MR) is 117 cm³/mol. The van der Waals surface area contributed by atoms with E-state index in [2.05, 4.69) is 5.32 Å². The average Bonchev–Trinajstić information content (AvgIpc) is 3.37. The van der Waals surface area contributed by atoms with Gasteiger partial charge in [0, 0.05) is 16.7 Å². The lowest BCUT2D eigenvalue weighted by Crippen LogP contribution is -2.41. The summed E-state index contributed by atoms with van der Waals surface area (Å²) in [6.45, 7) is -0.482. The molecule has 0 bridgehead atoms. The van der Waals surface area contributed by atoms with Crippen molar-refractivity contribution in [1.29, 1.82) is 0 Å². The molecule has 1 saturated heterocycles. The summed E-state index contributed by atoms with van der Waals surface area (Å²) in [4.78, 5) is 52.6. The monoisotopic (exact) mass is 437 g/mol. The zero-order chi connectivity index (χ0) is 21.8. The Morgan fingerprint density at radius 2 is 1.61 bits per heavy atom. The second-order valence-electron chi connectivity index (χ2n) is 7.61. The Labute approximate surface area is 184 Å². The molecule has 1 aliphatic heterocycles. The normalized spacial score (nSPS) is 17.0. The van der Waals surface area contributed by atoms with E-state index in [1.165, 1.54) is 0 Å². The Balaban J connectivity index is 1.40. The molecule has 2 fully saturated rings. The van der Waals surface area contributed by atoms with Crippen molar-refractivity contribution in [2.24, 2.45) is 0 Å². The molecule has 2 aromatic rings. The van der Waals surface area contributed by atoms with E-state index in [-0.39, 0.29) is 6.04 Å². The molecule has 0 atom stereocenters. The number of carbonyl (C=O) groups is 4. The third-order valence-electron chi connectivity index (χ3n) is 5.47. The molecule has 0 aromatic heterocycles. The minimum Gasteiger partial charge on any atom is -0.324 e. The zero-order valence-corrected chi connectivity index (χ0v) is 17.8. The van der Waals surface area contributed by atoms with Crippen LogP contribution in [0.15, 0.2) is 59.5 Å². The fourth-order valence-corrected chi connectivity index (χ4v) is 4.87. The molecule has 8 heteroatoms. The number of rotatable bonds is 7. The molecule has 5 amide bonds. The number of hydrogen-bond donors (Lipinski definition) is 1. The quantitative estimate of drug-likeness (QED) is 0.406. The van der Waals surface area contributed by atoms with E-state index in [0.717, 1.165) is 38.9 Å². The molecule has 4 rings (SSSR count). The number of anilines is 1. The highest BCUT2D eigenvalue weighted by Crippen LogP contribution is 2.30. The van der Waals surface area contributed by atoms with E-state index < -0.39 is 30.3 Å². The molecule has 7 nitrogen and oxygen atoms in total. The second-order valence-corrected chi connectivity index (χ2v) is 8.62. The first kappa shape index (κ1) is 21.1. The minimum absolute atomic E-state index is 0.243. The first-order valence-corrected chi connectivity index (χ1v) is 11.3. The Morgan fingerprint density at radius 1 is 0.935 bits per heavy atom. The number of carbonyl (C=O) groups excluding carboxylic acids is 4. The van der Waals surface area contributed by atoms with Crippen LogP contribution in [-0.4, -0.2) is 46.1 Å². The molecule has 0 spiro atoms. The highest BCUT2D eigenvalue weighted by molar-refractivity contribution is 7.98. The van der Waals surface area contributed by atoms with Gasteiger partial charge in [-0.25, -0.2) is 9.69 Å². The summed E-state index contributed by atoms with van der Waals surface area (Å²) in [5.74, 6) is -1.54. The number of thioether (sulfide) groups is 1. The number of urea groups is 1. The first-order valence-electron chi connectivity index (χ1n) is 10.3. The Morgan fingerprint density at radius 3 is 2.35 bits per heavy atom. The number of amides is 5. The molecule has 1 saturated carbocycles. The van der Waals surface area contributed by atoms with Crippen LogP contribution in [0.1, 0.15) is 31.2 Å². The van der Waals surface area contributed by atoms with Crippen molar-refractivity contribution >= 4 is 41.2 Å².